The number of rotatable bonds is 4. The number of aromatic hydroxyl groups is 2. The zero-order valence-electron chi connectivity index (χ0n) is 14.3. The Morgan fingerprint density at radius 3 is 1.93 bits per heavy atom. The van der Waals surface area contributed by atoms with Crippen LogP contribution in [0.5, 0.6) is 11.5 Å². The Labute approximate surface area is 186 Å². The van der Waals surface area contributed by atoms with Gasteiger partial charge in [0.1, 0.15) is 10.8 Å². The lowest BCUT2D eigenvalue weighted by molar-refractivity contribution is 0.455. The fraction of sp³-hybridized carbons (Fsp3) is 0.0526. The van der Waals surface area contributed by atoms with E-state index < -0.39 is 25.6 Å². The first-order valence-corrected chi connectivity index (χ1v) is 10.9. The zero-order valence-corrected chi connectivity index (χ0v) is 18.1. The molecule has 29 heavy (non-hydrogen) atoms. The lowest BCUT2D eigenvalue weighted by Crippen LogP contribution is -2.38. The summed E-state index contributed by atoms with van der Waals surface area (Å²) in [6.45, 7) is 0. The first kappa shape index (κ1) is 22.0. The normalized spacial score (nSPS) is 13.8. The lowest BCUT2D eigenvalue weighted by Gasteiger charge is -2.33. The van der Waals surface area contributed by atoms with Gasteiger partial charge in [-0.25, -0.2) is 0 Å². The Morgan fingerprint density at radius 1 is 0.759 bits per heavy atom. The molecule has 0 aliphatic heterocycles. The third kappa shape index (κ3) is 3.54. The molecule has 0 amide bonds. The maximum atomic E-state index is 12.9. The van der Waals surface area contributed by atoms with Crippen LogP contribution in [0.3, 0.4) is 0 Å². The number of phenolic OH excluding ortho intramolecular Hbond substituents is 2. The van der Waals surface area contributed by atoms with Crippen LogP contribution in [-0.2, 0) is 14.9 Å². The molecular weight excluding hydrogens is 482 g/mol. The van der Waals surface area contributed by atoms with E-state index in [4.69, 9.17) is 46.4 Å². The summed E-state index contributed by atoms with van der Waals surface area (Å²) < 4.78 is 34.0. The number of hydrogen-bond donors (Lipinski definition) is 3. The molecule has 1 unspecified atom stereocenters. The monoisotopic (exact) mass is 492 g/mol. The van der Waals surface area contributed by atoms with Crippen LogP contribution in [-0.4, -0.2) is 23.2 Å². The van der Waals surface area contributed by atoms with Crippen LogP contribution >= 0.6 is 46.4 Å². The Bertz CT molecular complexity index is 1200. The van der Waals surface area contributed by atoms with E-state index in [-0.39, 0.29) is 37.5 Å². The molecular formula is C19H12Cl4O5S. The van der Waals surface area contributed by atoms with Gasteiger partial charge >= 0.3 is 0 Å². The SMILES string of the molecule is O=S(=O)(O)C(c1ccccc1)(c1ccc(O)c(Cl)c1)c1cc(Cl)c(Cl)c(O)c1Cl. The smallest absolute Gasteiger partial charge is 0.283 e. The molecule has 0 aliphatic carbocycles. The van der Waals surface area contributed by atoms with E-state index in [1.807, 2.05) is 0 Å². The molecule has 0 bridgehead atoms. The van der Waals surface area contributed by atoms with Gasteiger partial charge in [0, 0.05) is 5.56 Å². The predicted octanol–water partition coefficient (Wildman–Crippen LogP) is 5.89. The summed E-state index contributed by atoms with van der Waals surface area (Å²) in [6, 6.07) is 12.4. The average molecular weight is 494 g/mol. The molecule has 0 saturated heterocycles. The second-order valence-corrected chi connectivity index (χ2v) is 9.20. The van der Waals surface area contributed by atoms with Gasteiger partial charge in [-0.05, 0) is 29.3 Å². The lowest BCUT2D eigenvalue weighted by atomic mass is 9.83. The van der Waals surface area contributed by atoms with Gasteiger partial charge in [-0.15, -0.1) is 0 Å². The molecule has 5 nitrogen and oxygen atoms in total. The molecule has 0 saturated carbocycles. The van der Waals surface area contributed by atoms with Gasteiger partial charge in [-0.3, -0.25) is 4.55 Å². The number of benzene rings is 3. The third-order valence-corrected chi connectivity index (χ3v) is 7.36. The van der Waals surface area contributed by atoms with Crippen molar-refractivity contribution in [2.45, 2.75) is 4.75 Å². The second kappa shape index (κ2) is 7.87. The van der Waals surface area contributed by atoms with Crippen molar-refractivity contribution in [2.75, 3.05) is 0 Å². The maximum absolute atomic E-state index is 12.9. The summed E-state index contributed by atoms with van der Waals surface area (Å²) in [7, 11) is -5.02. The van der Waals surface area contributed by atoms with Crippen molar-refractivity contribution in [1.29, 1.82) is 0 Å². The molecule has 0 aromatic heterocycles. The van der Waals surface area contributed by atoms with E-state index in [2.05, 4.69) is 0 Å². The molecule has 1 atom stereocenters. The van der Waals surface area contributed by atoms with Gasteiger partial charge < -0.3 is 10.2 Å². The zero-order chi connectivity index (χ0) is 21.6. The topological polar surface area (TPSA) is 94.8 Å². The summed E-state index contributed by atoms with van der Waals surface area (Å²) in [4.78, 5) is 0. The highest BCUT2D eigenvalue weighted by atomic mass is 35.5. The minimum atomic E-state index is -5.02. The van der Waals surface area contributed by atoms with E-state index in [0.29, 0.717) is 0 Å². The third-order valence-electron chi connectivity index (χ3n) is 4.43. The van der Waals surface area contributed by atoms with E-state index in [9.17, 15) is 23.2 Å². The molecule has 152 valence electrons. The molecule has 3 N–H and O–H groups in total. The first-order chi connectivity index (χ1) is 13.5. The first-order valence-electron chi connectivity index (χ1n) is 7.90. The number of phenols is 2. The summed E-state index contributed by atoms with van der Waals surface area (Å²) >= 11 is 24.3. The van der Waals surface area contributed by atoms with E-state index in [1.54, 1.807) is 18.2 Å². The Morgan fingerprint density at radius 2 is 1.38 bits per heavy atom. The minimum Gasteiger partial charge on any atom is -0.506 e. The van der Waals surface area contributed by atoms with Crippen LogP contribution in [0.1, 0.15) is 16.7 Å². The van der Waals surface area contributed by atoms with Gasteiger partial charge in [0.15, 0.2) is 10.5 Å². The fourth-order valence-corrected chi connectivity index (χ4v) is 5.38. The largest absolute Gasteiger partial charge is 0.506 e. The minimum absolute atomic E-state index is 0.0475. The molecule has 0 heterocycles. The molecule has 3 aromatic rings. The Kier molecular flexibility index (Phi) is 5.98. The standard InChI is InChI=1S/C19H12Cl4O5S/c20-13-8-11(6-7-15(13)24)19(29(26,27)28,10-4-2-1-3-5-10)12-9-14(21)17(23)18(25)16(12)22/h1-9,24-25H,(H,26,27,28). The quantitative estimate of drug-likeness (QED) is 0.239. The van der Waals surface area contributed by atoms with Crippen LogP contribution in [0, 0.1) is 0 Å². The number of halogens is 4. The van der Waals surface area contributed by atoms with Crippen molar-refractivity contribution >= 4 is 56.5 Å². The van der Waals surface area contributed by atoms with Crippen LogP contribution in [0.15, 0.2) is 54.6 Å². The van der Waals surface area contributed by atoms with Crippen molar-refractivity contribution in [3.8, 4) is 11.5 Å². The molecule has 0 radical (unpaired) electrons. The van der Waals surface area contributed by atoms with Crippen molar-refractivity contribution in [2.24, 2.45) is 0 Å². The second-order valence-electron chi connectivity index (χ2n) is 6.07. The van der Waals surface area contributed by atoms with Gasteiger partial charge in [0.2, 0.25) is 0 Å². The number of hydrogen-bond acceptors (Lipinski definition) is 4. The van der Waals surface area contributed by atoms with Crippen LogP contribution in [0.4, 0.5) is 0 Å². The summed E-state index contributed by atoms with van der Waals surface area (Å²) in [6.07, 6.45) is 0. The van der Waals surface area contributed by atoms with Crippen molar-refractivity contribution in [3.05, 3.63) is 91.4 Å². The predicted molar refractivity (Wildman–Crippen MR) is 114 cm³/mol. The molecule has 0 fully saturated rings. The average Bonchev–Trinajstić information content (AvgIpc) is 2.67. The highest BCUT2D eigenvalue weighted by Crippen LogP contribution is 2.51. The summed E-state index contributed by atoms with van der Waals surface area (Å²) in [5.74, 6) is -0.944. The van der Waals surface area contributed by atoms with E-state index >= 15 is 0 Å². The molecule has 10 heteroatoms. The molecule has 3 aromatic carbocycles. The molecule has 3 rings (SSSR count). The van der Waals surface area contributed by atoms with Crippen molar-refractivity contribution < 1.29 is 23.2 Å². The summed E-state index contributed by atoms with van der Waals surface area (Å²) in [5.41, 5.74) is -0.209. The fourth-order valence-electron chi connectivity index (χ4n) is 3.16. The van der Waals surface area contributed by atoms with Crippen molar-refractivity contribution in [1.82, 2.24) is 0 Å². The van der Waals surface area contributed by atoms with Crippen LogP contribution in [0.2, 0.25) is 20.1 Å². The van der Waals surface area contributed by atoms with Gasteiger partial charge in [0.05, 0.1) is 15.1 Å². The summed E-state index contributed by atoms with van der Waals surface area (Å²) in [5, 5.41) is 19.0. The molecule has 0 spiro atoms. The van der Waals surface area contributed by atoms with Crippen molar-refractivity contribution in [3.63, 3.8) is 0 Å². The van der Waals surface area contributed by atoms with Gasteiger partial charge in [-0.1, -0.05) is 82.8 Å². The Hall–Kier alpha value is -1.67. The van der Waals surface area contributed by atoms with Gasteiger partial charge in [-0.2, -0.15) is 8.42 Å². The van der Waals surface area contributed by atoms with Crippen LogP contribution < -0.4 is 0 Å². The van der Waals surface area contributed by atoms with Gasteiger partial charge in [0.25, 0.3) is 10.1 Å². The highest BCUT2D eigenvalue weighted by molar-refractivity contribution is 7.87. The molecule has 0 aliphatic rings. The van der Waals surface area contributed by atoms with Crippen LogP contribution in [0.25, 0.3) is 0 Å². The highest BCUT2D eigenvalue weighted by Gasteiger charge is 2.50. The Balaban J connectivity index is 2.60. The maximum Gasteiger partial charge on any atom is 0.283 e. The van der Waals surface area contributed by atoms with E-state index in [0.717, 1.165) is 6.07 Å². The van der Waals surface area contributed by atoms with E-state index in [1.165, 1.54) is 30.3 Å².